The summed E-state index contributed by atoms with van der Waals surface area (Å²) >= 11 is 3.64. The molecule has 0 saturated heterocycles. The lowest BCUT2D eigenvalue weighted by Gasteiger charge is -2.32. The molecule has 0 bridgehead atoms. The minimum Gasteiger partial charge on any atom is -0.489 e. The van der Waals surface area contributed by atoms with Crippen LogP contribution in [0.4, 0.5) is 11.9 Å². The lowest BCUT2D eigenvalue weighted by molar-refractivity contribution is 0.0505. The van der Waals surface area contributed by atoms with Crippen LogP contribution in [0.15, 0.2) is 123 Å². The van der Waals surface area contributed by atoms with Gasteiger partial charge >= 0.3 is 11.9 Å². The van der Waals surface area contributed by atoms with Crippen LogP contribution in [0.1, 0.15) is 89.6 Å². The Morgan fingerprint density at radius 1 is 0.646 bits per heavy atom. The first-order chi connectivity index (χ1) is 30.3. The van der Waals surface area contributed by atoms with Crippen molar-refractivity contribution in [3.63, 3.8) is 0 Å². The van der Waals surface area contributed by atoms with E-state index in [0.29, 0.717) is 11.5 Å². The summed E-state index contributed by atoms with van der Waals surface area (Å²) in [6.45, 7) is 3.65. The Bertz CT molecular complexity index is 2720. The topological polar surface area (TPSA) is 171 Å². The molecule has 65 heavy (non-hydrogen) atoms. The summed E-state index contributed by atoms with van der Waals surface area (Å²) in [7, 11) is 9.38. The van der Waals surface area contributed by atoms with Crippen LogP contribution in [-0.4, -0.2) is 72.6 Å². The summed E-state index contributed by atoms with van der Waals surface area (Å²) in [6.07, 6.45) is 0. The number of carbonyl (C=O) groups is 2. The largest absolute Gasteiger partial charge is 0.489 e. The van der Waals surface area contributed by atoms with Gasteiger partial charge in [-0.2, -0.15) is 5.26 Å². The predicted octanol–water partition coefficient (Wildman–Crippen LogP) is 8.29. The average Bonchev–Trinajstić information content (AvgIpc) is 3.30. The second-order valence-corrected chi connectivity index (χ2v) is 14.7. The highest BCUT2D eigenvalue weighted by molar-refractivity contribution is 9.10. The number of nitriles is 1. The highest BCUT2D eigenvalue weighted by Crippen LogP contribution is 2.36. The Morgan fingerprint density at radius 2 is 1.02 bits per heavy atom. The lowest BCUT2D eigenvalue weighted by atomic mass is 9.94. The van der Waals surface area contributed by atoms with Crippen molar-refractivity contribution in [3.8, 4) is 17.6 Å². The smallest absolute Gasteiger partial charge is 0.361 e. The summed E-state index contributed by atoms with van der Waals surface area (Å²) in [5, 5.41) is 9.69. The summed E-state index contributed by atoms with van der Waals surface area (Å²) in [5.41, 5.74) is 2.78. The van der Waals surface area contributed by atoms with Gasteiger partial charge in [0.05, 0.1) is 51.1 Å². The minimum atomic E-state index is -0.745. The third kappa shape index (κ3) is 11.3. The third-order valence-electron chi connectivity index (χ3n) is 10.0. The maximum atomic E-state index is 13.0. The third-order valence-corrected chi connectivity index (χ3v) is 10.7. The number of methoxy groups -OCH3 is 2. The van der Waals surface area contributed by atoms with E-state index in [-0.39, 0.29) is 62.9 Å². The highest BCUT2D eigenvalue weighted by atomic mass is 79.9. The first kappa shape index (κ1) is 52.1. The minimum absolute atomic E-state index is 0. The van der Waals surface area contributed by atoms with Gasteiger partial charge in [0.2, 0.25) is 23.4 Å². The normalized spacial score (nSPS) is 11.1. The van der Waals surface area contributed by atoms with Crippen molar-refractivity contribution in [1.29, 1.82) is 5.26 Å². The number of carbonyl (C=O) groups excluding carboxylic acids is 2. The summed E-state index contributed by atoms with van der Waals surface area (Å²) < 4.78 is 24.1. The van der Waals surface area contributed by atoms with Crippen molar-refractivity contribution < 1.29 is 28.5 Å². The number of hydrogen-bond donors (Lipinski definition) is 0. The van der Waals surface area contributed by atoms with E-state index in [1.165, 1.54) is 23.4 Å². The Morgan fingerprint density at radius 3 is 1.40 bits per heavy atom. The summed E-state index contributed by atoms with van der Waals surface area (Å²) in [6, 6.07) is 36.1. The van der Waals surface area contributed by atoms with Gasteiger partial charge in [-0.15, -0.1) is 0 Å². The molecule has 6 aromatic rings. The Kier molecular flexibility index (Phi) is 19.2. The first-order valence-electron chi connectivity index (χ1n) is 19.8. The molecule has 0 saturated carbocycles. The van der Waals surface area contributed by atoms with Crippen molar-refractivity contribution in [2.75, 3.05) is 51.3 Å². The number of benzene rings is 4. The molecule has 4 aromatic carbocycles. The number of anilines is 2. The molecule has 2 atom stereocenters. The van der Waals surface area contributed by atoms with Crippen LogP contribution in [0.3, 0.4) is 0 Å². The van der Waals surface area contributed by atoms with Crippen molar-refractivity contribution in [3.05, 3.63) is 174 Å². The molecule has 2 heterocycles. The van der Waals surface area contributed by atoms with Gasteiger partial charge in [0.25, 0.3) is 11.1 Å². The van der Waals surface area contributed by atoms with Crippen LogP contribution in [-0.2, 0) is 23.6 Å². The van der Waals surface area contributed by atoms with Gasteiger partial charge in [-0.1, -0.05) is 128 Å². The molecular formula is C49H56BrN7O8. The molecule has 0 amide bonds. The second kappa shape index (κ2) is 24.0. The van der Waals surface area contributed by atoms with Crippen LogP contribution in [0, 0.1) is 11.3 Å². The molecule has 0 aliphatic rings. The zero-order chi connectivity index (χ0) is 45.8. The van der Waals surface area contributed by atoms with E-state index in [9.17, 15) is 24.4 Å². The Hall–Kier alpha value is -7.25. The van der Waals surface area contributed by atoms with Crippen LogP contribution in [0.25, 0.3) is 0 Å². The lowest BCUT2D eigenvalue weighted by Crippen LogP contribution is -2.34. The van der Waals surface area contributed by atoms with Crippen molar-refractivity contribution in [2.45, 2.75) is 40.8 Å². The van der Waals surface area contributed by atoms with Gasteiger partial charge in [0, 0.05) is 32.7 Å². The molecule has 342 valence electrons. The number of esters is 2. The molecule has 16 heteroatoms. The Balaban J connectivity index is 0.000000335. The zero-order valence-electron chi connectivity index (χ0n) is 36.2. The molecule has 0 fully saturated rings. The predicted molar refractivity (Wildman–Crippen MR) is 256 cm³/mol. The van der Waals surface area contributed by atoms with E-state index >= 15 is 0 Å². The van der Waals surface area contributed by atoms with Crippen LogP contribution < -0.4 is 30.4 Å². The van der Waals surface area contributed by atoms with Crippen molar-refractivity contribution in [2.24, 2.45) is 14.1 Å². The highest BCUT2D eigenvalue weighted by Gasteiger charge is 2.31. The number of ether oxygens (including phenoxy) is 4. The van der Waals surface area contributed by atoms with E-state index < -0.39 is 29.1 Å². The van der Waals surface area contributed by atoms with E-state index in [4.69, 9.17) is 18.9 Å². The fourth-order valence-electron chi connectivity index (χ4n) is 7.07. The second-order valence-electron chi connectivity index (χ2n) is 13.8. The van der Waals surface area contributed by atoms with Crippen LogP contribution in [0.2, 0.25) is 0 Å². The van der Waals surface area contributed by atoms with Gasteiger partial charge in [-0.25, -0.2) is 19.6 Å². The Labute approximate surface area is 388 Å². The molecule has 0 radical (unpaired) electrons. The molecule has 15 nitrogen and oxygen atoms in total. The molecule has 2 aromatic heterocycles. The molecular weight excluding hydrogens is 894 g/mol. The van der Waals surface area contributed by atoms with E-state index in [0.717, 1.165) is 26.7 Å². The molecule has 6 rings (SSSR count). The fourth-order valence-corrected chi connectivity index (χ4v) is 7.58. The summed E-state index contributed by atoms with van der Waals surface area (Å²) in [5.74, 6) is -1.25. The van der Waals surface area contributed by atoms with Gasteiger partial charge in [-0.3, -0.25) is 18.7 Å². The zero-order valence-corrected chi connectivity index (χ0v) is 37.8. The maximum Gasteiger partial charge on any atom is 0.361 e. The maximum absolute atomic E-state index is 13.0. The SMILES string of the molecule is C.C.CCOC(=O)c1nc(N(C)C(c2ccccc2)c2ccccc2Br)n(C)c(=O)c1OC.CCOC(=O)c1nc(N(C)C(c2ccccc2)c2ccccc2C#N)n(C)c(=O)c1OC. The monoisotopic (exact) mass is 949 g/mol. The molecule has 0 spiro atoms. The van der Waals surface area contributed by atoms with Gasteiger partial charge in [-0.05, 0) is 48.2 Å². The van der Waals surface area contributed by atoms with E-state index in [1.54, 1.807) is 52.0 Å². The van der Waals surface area contributed by atoms with E-state index in [1.807, 2.05) is 109 Å². The number of rotatable bonds is 14. The summed E-state index contributed by atoms with van der Waals surface area (Å²) in [4.78, 5) is 63.5. The number of aromatic nitrogens is 4. The van der Waals surface area contributed by atoms with Crippen LogP contribution in [0.5, 0.6) is 11.5 Å². The van der Waals surface area contributed by atoms with Gasteiger partial charge in [0.1, 0.15) is 0 Å². The van der Waals surface area contributed by atoms with Gasteiger partial charge in [0.15, 0.2) is 11.4 Å². The molecule has 0 aliphatic carbocycles. The quantitative estimate of drug-likeness (QED) is 0.0957. The van der Waals surface area contributed by atoms with Crippen molar-refractivity contribution in [1.82, 2.24) is 19.1 Å². The standard InChI is InChI=1S/C24H24N4O4.C23H24BrN3O4.2CH4/c1-5-32-23(30)19-21(31-4)22(29)28(3)24(26-19)27(2)20(16-11-7-6-8-12-16)18-14-10-9-13-17(18)15-25;1-5-31-22(29)18-20(30-4)21(28)27(3)23(25-18)26(2)19(15-11-7-6-8-12-15)16-13-9-10-14-17(16)24;;/h6-14,20H,5H2,1-4H3;6-14,19H,5H2,1-4H3;2*1H4. The van der Waals surface area contributed by atoms with Gasteiger partial charge < -0.3 is 28.7 Å². The molecule has 2 unspecified atom stereocenters. The number of hydrogen-bond acceptors (Lipinski definition) is 13. The van der Waals surface area contributed by atoms with E-state index in [2.05, 4.69) is 32.0 Å². The molecule has 0 aliphatic heterocycles. The molecule has 0 N–H and O–H groups in total. The number of halogens is 1. The first-order valence-corrected chi connectivity index (χ1v) is 20.6. The number of nitrogens with zero attached hydrogens (tertiary/aromatic N) is 7. The average molecular weight is 951 g/mol. The fraction of sp³-hybridized carbons (Fsp3) is 0.286. The van der Waals surface area contributed by atoms with Crippen molar-refractivity contribution >= 4 is 39.8 Å². The van der Waals surface area contributed by atoms with Crippen LogP contribution >= 0.6 is 15.9 Å².